The maximum atomic E-state index is 11.6. The van der Waals surface area contributed by atoms with Crippen LogP contribution < -0.4 is 5.32 Å². The van der Waals surface area contributed by atoms with Crippen LogP contribution in [0.5, 0.6) is 0 Å². The Kier molecular flexibility index (Phi) is 17.7. The highest BCUT2D eigenvalue weighted by molar-refractivity contribution is 5.67. The molecule has 0 aliphatic heterocycles. The zero-order valence-electron chi connectivity index (χ0n) is 18.9. The van der Waals surface area contributed by atoms with Crippen LogP contribution in [0.1, 0.15) is 135 Å². The van der Waals surface area contributed by atoms with E-state index in [1.807, 2.05) is 0 Å². The molecule has 1 radical (unpaired) electrons. The molecule has 1 aliphatic rings. The van der Waals surface area contributed by atoms with Gasteiger partial charge in [0.05, 0.1) is 6.61 Å². The zero-order chi connectivity index (χ0) is 20.1. The minimum atomic E-state index is -0.236. The van der Waals surface area contributed by atoms with Gasteiger partial charge < -0.3 is 10.1 Å². The summed E-state index contributed by atoms with van der Waals surface area (Å²) >= 11 is 0. The second kappa shape index (κ2) is 19.6. The Morgan fingerprint density at radius 3 is 1.61 bits per heavy atom. The van der Waals surface area contributed by atoms with E-state index < -0.39 is 0 Å². The van der Waals surface area contributed by atoms with Crippen molar-refractivity contribution < 1.29 is 9.53 Å². The fourth-order valence-corrected chi connectivity index (χ4v) is 4.10. The van der Waals surface area contributed by atoms with Crippen LogP contribution in [0.25, 0.3) is 0 Å². The maximum absolute atomic E-state index is 11.6. The molecular weight excluding hydrogens is 346 g/mol. The van der Waals surface area contributed by atoms with E-state index in [0.717, 1.165) is 25.8 Å². The van der Waals surface area contributed by atoms with Crippen molar-refractivity contribution in [1.29, 1.82) is 0 Å². The second-order valence-corrected chi connectivity index (χ2v) is 8.76. The number of rotatable bonds is 19. The van der Waals surface area contributed by atoms with E-state index in [-0.39, 0.29) is 6.09 Å². The molecule has 0 aromatic carbocycles. The molecule has 1 fully saturated rings. The first-order chi connectivity index (χ1) is 13.8. The van der Waals surface area contributed by atoms with Crippen LogP contribution in [0.4, 0.5) is 4.79 Å². The van der Waals surface area contributed by atoms with E-state index >= 15 is 0 Å². The van der Waals surface area contributed by atoms with Crippen molar-refractivity contribution in [1.82, 2.24) is 5.32 Å². The summed E-state index contributed by atoms with van der Waals surface area (Å²) in [5.74, 6) is 1.40. The Morgan fingerprint density at radius 2 is 1.14 bits per heavy atom. The van der Waals surface area contributed by atoms with Crippen molar-refractivity contribution in [2.24, 2.45) is 0 Å². The van der Waals surface area contributed by atoms with Gasteiger partial charge in [0.15, 0.2) is 0 Å². The topological polar surface area (TPSA) is 38.3 Å². The summed E-state index contributed by atoms with van der Waals surface area (Å²) in [5, 5.41) is 2.88. The van der Waals surface area contributed by atoms with Gasteiger partial charge in [0, 0.05) is 12.5 Å². The average molecular weight is 395 g/mol. The number of alkyl carbamates (subject to hydrolysis) is 1. The summed E-state index contributed by atoms with van der Waals surface area (Å²) in [5.41, 5.74) is 0. The van der Waals surface area contributed by atoms with E-state index in [2.05, 4.69) is 12.2 Å². The lowest BCUT2D eigenvalue weighted by Crippen LogP contribution is -2.26. The number of carbonyl (C=O) groups is 1. The molecule has 1 aliphatic carbocycles. The molecule has 1 N–H and O–H groups in total. The maximum Gasteiger partial charge on any atom is 0.407 e. The van der Waals surface area contributed by atoms with Crippen LogP contribution in [0.15, 0.2) is 0 Å². The smallest absolute Gasteiger partial charge is 0.407 e. The van der Waals surface area contributed by atoms with E-state index in [9.17, 15) is 4.79 Å². The molecule has 0 heterocycles. The number of hydrogen-bond acceptors (Lipinski definition) is 2. The molecule has 3 heteroatoms. The first-order valence-electron chi connectivity index (χ1n) is 12.6. The van der Waals surface area contributed by atoms with Gasteiger partial charge in [0.2, 0.25) is 0 Å². The van der Waals surface area contributed by atoms with Gasteiger partial charge in [-0.1, -0.05) is 116 Å². The number of nitrogens with one attached hydrogen (secondary N) is 1. The van der Waals surface area contributed by atoms with Gasteiger partial charge in [0.1, 0.15) is 0 Å². The fourth-order valence-electron chi connectivity index (χ4n) is 4.10. The summed E-state index contributed by atoms with van der Waals surface area (Å²) in [6.07, 6.45) is 26.6. The summed E-state index contributed by atoms with van der Waals surface area (Å²) in [7, 11) is 0. The minimum absolute atomic E-state index is 0.236. The standard InChI is InChI=1S/C25H48NO2/c1-2-3-4-5-6-7-8-9-10-11-12-13-14-15-16-19-22-26-25(27)28-23-24-20-17-18-21-24/h2-23H2,1H3,(H,26,27). The average Bonchev–Trinajstić information content (AvgIpc) is 3.22. The van der Waals surface area contributed by atoms with Crippen molar-refractivity contribution in [2.45, 2.75) is 135 Å². The predicted molar refractivity (Wildman–Crippen MR) is 121 cm³/mol. The summed E-state index contributed by atoms with van der Waals surface area (Å²) in [4.78, 5) is 11.6. The Balaban J connectivity index is 1.69. The zero-order valence-corrected chi connectivity index (χ0v) is 18.9. The monoisotopic (exact) mass is 394 g/mol. The Hall–Kier alpha value is -0.730. The van der Waals surface area contributed by atoms with Crippen LogP contribution in [0.2, 0.25) is 0 Å². The second-order valence-electron chi connectivity index (χ2n) is 8.76. The Morgan fingerprint density at radius 1 is 0.714 bits per heavy atom. The van der Waals surface area contributed by atoms with Crippen molar-refractivity contribution in [3.05, 3.63) is 5.92 Å². The van der Waals surface area contributed by atoms with E-state index in [1.165, 1.54) is 115 Å². The Bertz CT molecular complexity index is 339. The number of ether oxygens (including phenoxy) is 1. The molecule has 0 aromatic rings. The molecule has 28 heavy (non-hydrogen) atoms. The van der Waals surface area contributed by atoms with Gasteiger partial charge in [-0.25, -0.2) is 4.79 Å². The third-order valence-electron chi connectivity index (χ3n) is 6.02. The molecule has 1 rings (SSSR count). The summed E-state index contributed by atoms with van der Waals surface area (Å²) in [6.45, 7) is 3.57. The molecule has 165 valence electrons. The molecule has 0 bridgehead atoms. The highest BCUT2D eigenvalue weighted by atomic mass is 16.5. The van der Waals surface area contributed by atoms with Crippen LogP contribution in [0.3, 0.4) is 0 Å². The lowest BCUT2D eigenvalue weighted by Gasteiger charge is -2.10. The normalized spacial score (nSPS) is 14.5. The predicted octanol–water partition coefficient (Wildman–Crippen LogP) is 8.12. The molecule has 0 atom stereocenters. The summed E-state index contributed by atoms with van der Waals surface area (Å²) in [6, 6.07) is 0. The van der Waals surface area contributed by atoms with Gasteiger partial charge in [0.25, 0.3) is 0 Å². The first kappa shape index (κ1) is 25.3. The highest BCUT2D eigenvalue weighted by Gasteiger charge is 2.17. The molecule has 1 amide bonds. The number of unbranched alkanes of at least 4 members (excludes halogenated alkanes) is 15. The molecule has 1 saturated carbocycles. The van der Waals surface area contributed by atoms with E-state index in [1.54, 1.807) is 0 Å². The lowest BCUT2D eigenvalue weighted by atomic mass is 10.0. The van der Waals surface area contributed by atoms with Gasteiger partial charge >= 0.3 is 6.09 Å². The lowest BCUT2D eigenvalue weighted by molar-refractivity contribution is 0.149. The van der Waals surface area contributed by atoms with Crippen molar-refractivity contribution in [2.75, 3.05) is 13.2 Å². The Labute approximate surface area is 175 Å². The molecule has 0 unspecified atom stereocenters. The van der Waals surface area contributed by atoms with Crippen molar-refractivity contribution in [3.63, 3.8) is 0 Å². The number of amides is 1. The van der Waals surface area contributed by atoms with E-state index in [0.29, 0.717) is 6.61 Å². The minimum Gasteiger partial charge on any atom is -0.449 e. The summed E-state index contributed by atoms with van der Waals surface area (Å²) < 4.78 is 5.27. The third kappa shape index (κ3) is 16.2. The number of carbonyl (C=O) groups excluding carboxylic acids is 1. The molecule has 0 saturated heterocycles. The van der Waals surface area contributed by atoms with Gasteiger partial charge in [-0.05, 0) is 19.3 Å². The number of hydrogen-bond donors (Lipinski definition) is 1. The molecular formula is C25H48NO2. The van der Waals surface area contributed by atoms with Crippen molar-refractivity contribution >= 4 is 6.09 Å². The van der Waals surface area contributed by atoms with E-state index in [4.69, 9.17) is 4.74 Å². The van der Waals surface area contributed by atoms with Crippen LogP contribution in [0, 0.1) is 5.92 Å². The van der Waals surface area contributed by atoms with Crippen molar-refractivity contribution in [3.8, 4) is 0 Å². The van der Waals surface area contributed by atoms with Crippen LogP contribution >= 0.6 is 0 Å². The molecule has 3 nitrogen and oxygen atoms in total. The van der Waals surface area contributed by atoms with Crippen LogP contribution in [-0.2, 0) is 4.74 Å². The quantitative estimate of drug-likeness (QED) is 0.225. The van der Waals surface area contributed by atoms with Gasteiger partial charge in [-0.3, -0.25) is 0 Å². The van der Waals surface area contributed by atoms with Gasteiger partial charge in [-0.15, -0.1) is 0 Å². The molecule has 0 spiro atoms. The SMILES string of the molecule is CCCCCCCCCCCCCCCCCCNC(=O)OC[C]1CCCC1. The fraction of sp³-hybridized carbons (Fsp3) is 0.920. The third-order valence-corrected chi connectivity index (χ3v) is 6.02. The molecule has 0 aromatic heterocycles. The largest absolute Gasteiger partial charge is 0.449 e. The van der Waals surface area contributed by atoms with Gasteiger partial charge in [-0.2, -0.15) is 0 Å². The highest BCUT2D eigenvalue weighted by Crippen LogP contribution is 2.26. The first-order valence-corrected chi connectivity index (χ1v) is 12.6. The van der Waals surface area contributed by atoms with Crippen LogP contribution in [-0.4, -0.2) is 19.2 Å².